The fraction of sp³-hybridized carbons (Fsp3) is 0.0833. The van der Waals surface area contributed by atoms with Gasteiger partial charge in [0.05, 0.1) is 17.5 Å². The van der Waals surface area contributed by atoms with Crippen molar-refractivity contribution >= 4 is 29.1 Å². The molecule has 2 N–H and O–H groups in total. The highest BCUT2D eigenvalue weighted by Crippen LogP contribution is 2.37. The minimum atomic E-state index is -0.626. The van der Waals surface area contributed by atoms with Crippen molar-refractivity contribution in [1.29, 1.82) is 0 Å². The maximum absolute atomic E-state index is 13.7. The van der Waals surface area contributed by atoms with Crippen molar-refractivity contribution in [2.75, 3.05) is 10.6 Å². The zero-order chi connectivity index (χ0) is 22.9. The van der Waals surface area contributed by atoms with Gasteiger partial charge in [-0.1, -0.05) is 35.9 Å². The highest BCUT2D eigenvalue weighted by Gasteiger charge is 2.34. The number of pyridine rings is 1. The fourth-order valence-corrected chi connectivity index (χ4v) is 3.97. The second-order valence-electron chi connectivity index (χ2n) is 7.53. The predicted octanol–water partition coefficient (Wildman–Crippen LogP) is 5.06. The Balaban J connectivity index is 1.61. The van der Waals surface area contributed by atoms with Crippen LogP contribution in [0.1, 0.15) is 18.5 Å². The van der Waals surface area contributed by atoms with Gasteiger partial charge in [-0.15, -0.1) is 5.10 Å². The Morgan fingerprint density at radius 3 is 2.70 bits per heavy atom. The summed E-state index contributed by atoms with van der Waals surface area (Å²) in [5.41, 5.74) is 3.04. The molecule has 0 saturated heterocycles. The number of fused-ring (bicyclic) bond motifs is 1. The third kappa shape index (κ3) is 4.08. The van der Waals surface area contributed by atoms with Crippen LogP contribution in [0, 0.1) is 5.82 Å². The number of nitrogens with zero attached hydrogens (tertiary/aromatic N) is 4. The number of nitrogens with one attached hydrogen (secondary N) is 2. The van der Waals surface area contributed by atoms with Crippen molar-refractivity contribution in [2.24, 2.45) is 0 Å². The van der Waals surface area contributed by atoms with Crippen molar-refractivity contribution in [3.05, 3.63) is 101 Å². The van der Waals surface area contributed by atoms with Gasteiger partial charge in [-0.05, 0) is 48.9 Å². The van der Waals surface area contributed by atoms with E-state index in [1.165, 1.54) is 12.1 Å². The summed E-state index contributed by atoms with van der Waals surface area (Å²) in [5.74, 6) is 0.226. The Hall–Kier alpha value is -4.04. The molecule has 3 heterocycles. The van der Waals surface area contributed by atoms with Crippen LogP contribution in [0.3, 0.4) is 0 Å². The SMILES string of the molecule is CC1=C(C(=O)Nc2cccnc2)[C@@H](c2ccc(F)cc2)n2nc(-c3cccc(Cl)c3)nc2N1. The van der Waals surface area contributed by atoms with E-state index in [9.17, 15) is 9.18 Å². The lowest BCUT2D eigenvalue weighted by Crippen LogP contribution is -2.31. The summed E-state index contributed by atoms with van der Waals surface area (Å²) in [7, 11) is 0. The second-order valence-corrected chi connectivity index (χ2v) is 7.96. The molecule has 7 nitrogen and oxygen atoms in total. The summed E-state index contributed by atoms with van der Waals surface area (Å²) >= 11 is 6.15. The number of amides is 1. The molecular formula is C24H18ClFN6O. The lowest BCUT2D eigenvalue weighted by Gasteiger charge is -2.28. The van der Waals surface area contributed by atoms with Crippen molar-refractivity contribution in [2.45, 2.75) is 13.0 Å². The number of carbonyl (C=O) groups excluding carboxylic acids is 1. The quantitative estimate of drug-likeness (QED) is 0.444. The molecule has 164 valence electrons. The Bertz CT molecular complexity index is 1370. The van der Waals surface area contributed by atoms with Crippen LogP contribution in [-0.4, -0.2) is 25.7 Å². The smallest absolute Gasteiger partial charge is 0.255 e. The molecule has 0 spiro atoms. The third-order valence-electron chi connectivity index (χ3n) is 5.29. The standard InChI is InChI=1S/C24H18ClFN6O/c1-14-20(23(33)29-19-6-3-11-27-13-19)21(15-7-9-18(26)10-8-15)32-24(28-14)30-22(31-32)16-4-2-5-17(25)12-16/h2-13,21H,1H3,(H,29,33)(H,28,30,31)/t21-/m1/s1. The minimum absolute atomic E-state index is 0.326. The van der Waals surface area contributed by atoms with E-state index in [-0.39, 0.29) is 11.7 Å². The van der Waals surface area contributed by atoms with Crippen molar-refractivity contribution < 1.29 is 9.18 Å². The second kappa shape index (κ2) is 8.48. The first-order valence-electron chi connectivity index (χ1n) is 10.2. The molecule has 5 rings (SSSR count). The molecule has 9 heteroatoms. The van der Waals surface area contributed by atoms with E-state index < -0.39 is 6.04 Å². The molecule has 0 saturated carbocycles. The van der Waals surface area contributed by atoms with E-state index in [4.69, 9.17) is 11.6 Å². The molecule has 1 amide bonds. The van der Waals surface area contributed by atoms with Gasteiger partial charge >= 0.3 is 0 Å². The number of allylic oxidation sites excluding steroid dienone is 1. The molecule has 1 aliphatic heterocycles. The molecule has 4 aromatic rings. The molecule has 0 aliphatic carbocycles. The maximum atomic E-state index is 13.7. The van der Waals surface area contributed by atoms with Gasteiger partial charge in [0.15, 0.2) is 5.82 Å². The fourth-order valence-electron chi connectivity index (χ4n) is 3.78. The van der Waals surface area contributed by atoms with E-state index in [2.05, 4.69) is 25.7 Å². The summed E-state index contributed by atoms with van der Waals surface area (Å²) in [5, 5.41) is 11.3. The minimum Gasteiger partial charge on any atom is -0.328 e. The highest BCUT2D eigenvalue weighted by molar-refractivity contribution is 6.30. The molecule has 0 fully saturated rings. The number of benzene rings is 2. The van der Waals surface area contributed by atoms with Gasteiger partial charge in [0.2, 0.25) is 5.95 Å². The number of halogens is 2. The first-order chi connectivity index (χ1) is 16.0. The van der Waals surface area contributed by atoms with E-state index in [1.807, 2.05) is 12.1 Å². The van der Waals surface area contributed by atoms with E-state index in [1.54, 1.807) is 60.4 Å². The zero-order valence-electron chi connectivity index (χ0n) is 17.5. The Labute approximate surface area is 194 Å². The van der Waals surface area contributed by atoms with Gasteiger partial charge in [-0.3, -0.25) is 9.78 Å². The van der Waals surface area contributed by atoms with Crippen LogP contribution in [-0.2, 0) is 4.79 Å². The van der Waals surface area contributed by atoms with Crippen LogP contribution in [0.15, 0.2) is 84.3 Å². The van der Waals surface area contributed by atoms with E-state index >= 15 is 0 Å². The average molecular weight is 461 g/mol. The Morgan fingerprint density at radius 1 is 1.15 bits per heavy atom. The molecule has 0 radical (unpaired) electrons. The topological polar surface area (TPSA) is 84.7 Å². The van der Waals surface area contributed by atoms with Crippen molar-refractivity contribution in [3.63, 3.8) is 0 Å². The van der Waals surface area contributed by atoms with Gasteiger partial charge in [0.25, 0.3) is 5.91 Å². The first kappa shape index (κ1) is 20.8. The maximum Gasteiger partial charge on any atom is 0.255 e. The third-order valence-corrected chi connectivity index (χ3v) is 5.52. The number of hydrogen-bond donors (Lipinski definition) is 2. The summed E-state index contributed by atoms with van der Waals surface area (Å²) in [6, 6.07) is 16.1. The van der Waals surface area contributed by atoms with Gasteiger partial charge in [-0.2, -0.15) is 4.98 Å². The van der Waals surface area contributed by atoms with Gasteiger partial charge in [0.1, 0.15) is 11.9 Å². The highest BCUT2D eigenvalue weighted by atomic mass is 35.5. The number of carbonyl (C=O) groups is 1. The Kier molecular flexibility index (Phi) is 5.35. The average Bonchev–Trinajstić information content (AvgIpc) is 3.23. The number of aromatic nitrogens is 4. The molecular weight excluding hydrogens is 443 g/mol. The molecule has 1 atom stereocenters. The molecule has 2 aromatic heterocycles. The van der Waals surface area contributed by atoms with Crippen LogP contribution in [0.4, 0.5) is 16.0 Å². The van der Waals surface area contributed by atoms with Crippen LogP contribution in [0.5, 0.6) is 0 Å². The van der Waals surface area contributed by atoms with Crippen LogP contribution >= 0.6 is 11.6 Å². The van der Waals surface area contributed by atoms with E-state index in [0.29, 0.717) is 39.3 Å². The lowest BCUT2D eigenvalue weighted by atomic mass is 9.95. The number of hydrogen-bond acceptors (Lipinski definition) is 5. The zero-order valence-corrected chi connectivity index (χ0v) is 18.2. The van der Waals surface area contributed by atoms with Crippen LogP contribution < -0.4 is 10.6 Å². The number of rotatable bonds is 4. The normalized spacial score (nSPS) is 15.1. The predicted molar refractivity (Wildman–Crippen MR) is 124 cm³/mol. The monoisotopic (exact) mass is 460 g/mol. The summed E-state index contributed by atoms with van der Waals surface area (Å²) in [6.45, 7) is 1.80. The summed E-state index contributed by atoms with van der Waals surface area (Å²) in [4.78, 5) is 22.0. The van der Waals surface area contributed by atoms with Crippen molar-refractivity contribution in [3.8, 4) is 11.4 Å². The molecule has 33 heavy (non-hydrogen) atoms. The molecule has 0 bridgehead atoms. The van der Waals surface area contributed by atoms with Crippen molar-refractivity contribution in [1.82, 2.24) is 19.7 Å². The van der Waals surface area contributed by atoms with Crippen LogP contribution in [0.2, 0.25) is 5.02 Å². The van der Waals surface area contributed by atoms with E-state index in [0.717, 1.165) is 5.56 Å². The first-order valence-corrected chi connectivity index (χ1v) is 10.5. The van der Waals surface area contributed by atoms with Crippen LogP contribution in [0.25, 0.3) is 11.4 Å². The molecule has 1 aliphatic rings. The largest absolute Gasteiger partial charge is 0.328 e. The molecule has 0 unspecified atom stereocenters. The summed E-state index contributed by atoms with van der Waals surface area (Å²) < 4.78 is 15.3. The van der Waals surface area contributed by atoms with Gasteiger partial charge < -0.3 is 10.6 Å². The Morgan fingerprint density at radius 2 is 1.97 bits per heavy atom. The number of anilines is 2. The van der Waals surface area contributed by atoms with Gasteiger partial charge in [0, 0.05) is 22.5 Å². The lowest BCUT2D eigenvalue weighted by molar-refractivity contribution is -0.113. The molecule has 2 aromatic carbocycles. The summed E-state index contributed by atoms with van der Waals surface area (Å²) in [6.07, 6.45) is 3.19. The van der Waals surface area contributed by atoms with Gasteiger partial charge in [-0.25, -0.2) is 9.07 Å².